The normalized spacial score (nSPS) is 21.3. The second-order valence-electron chi connectivity index (χ2n) is 5.39. The van der Waals surface area contributed by atoms with Crippen molar-refractivity contribution in [2.24, 2.45) is 0 Å². The van der Waals surface area contributed by atoms with E-state index in [-0.39, 0.29) is 25.0 Å². The molecule has 2 atom stereocenters. The number of likely N-dealkylation sites (N-methyl/N-ethyl adjacent to an activating group) is 1. The molecule has 0 saturated carbocycles. The Morgan fingerprint density at radius 2 is 2.04 bits per heavy atom. The second kappa shape index (κ2) is 6.66. The molecule has 0 bridgehead atoms. The largest absolute Gasteiger partial charge is 0.467 e. The van der Waals surface area contributed by atoms with Gasteiger partial charge < -0.3 is 19.4 Å². The third-order valence-corrected chi connectivity index (χ3v) is 3.90. The number of nitrogens with one attached hydrogen (secondary N) is 1. The maximum absolute atomic E-state index is 12.5. The summed E-state index contributed by atoms with van der Waals surface area (Å²) in [7, 11) is 1.69. The third kappa shape index (κ3) is 3.27. The number of benzene rings is 1. The molecule has 0 spiro atoms. The van der Waals surface area contributed by atoms with E-state index in [1.807, 2.05) is 30.3 Å². The van der Waals surface area contributed by atoms with Gasteiger partial charge in [-0.1, -0.05) is 30.3 Å². The lowest BCUT2D eigenvalue weighted by Crippen LogP contribution is -2.52. The standard InChI is InChI=1S/C17H18N2O4/c1-19-14(20)11-23-16(15(19)12-6-3-2-4-7-12)17(21)18-10-13-8-5-9-22-13/h2-9,15-16H,10-11H2,1H3,(H,18,21). The Hall–Kier alpha value is -2.60. The lowest BCUT2D eigenvalue weighted by atomic mass is 9.97. The van der Waals surface area contributed by atoms with Crippen molar-refractivity contribution in [3.05, 3.63) is 60.1 Å². The first kappa shape index (κ1) is 15.3. The van der Waals surface area contributed by atoms with Crippen LogP contribution in [0.1, 0.15) is 17.4 Å². The van der Waals surface area contributed by atoms with Crippen LogP contribution in [0.2, 0.25) is 0 Å². The van der Waals surface area contributed by atoms with Gasteiger partial charge in [0.2, 0.25) is 5.91 Å². The van der Waals surface area contributed by atoms with Gasteiger partial charge in [0.15, 0.2) is 6.10 Å². The molecule has 1 fully saturated rings. The molecule has 6 nitrogen and oxygen atoms in total. The smallest absolute Gasteiger partial charge is 0.252 e. The van der Waals surface area contributed by atoms with E-state index in [9.17, 15) is 9.59 Å². The van der Waals surface area contributed by atoms with E-state index in [0.29, 0.717) is 5.76 Å². The zero-order valence-corrected chi connectivity index (χ0v) is 12.8. The molecular formula is C17H18N2O4. The highest BCUT2D eigenvalue weighted by Crippen LogP contribution is 2.29. The molecule has 2 unspecified atom stereocenters. The van der Waals surface area contributed by atoms with Crippen LogP contribution in [-0.4, -0.2) is 36.5 Å². The third-order valence-electron chi connectivity index (χ3n) is 3.90. The average Bonchev–Trinajstić information content (AvgIpc) is 3.09. The van der Waals surface area contributed by atoms with E-state index in [0.717, 1.165) is 5.56 Å². The summed E-state index contributed by atoms with van der Waals surface area (Å²) < 4.78 is 10.7. The summed E-state index contributed by atoms with van der Waals surface area (Å²) in [6, 6.07) is 12.5. The van der Waals surface area contributed by atoms with Gasteiger partial charge in [-0.3, -0.25) is 9.59 Å². The molecule has 120 valence electrons. The first-order valence-corrected chi connectivity index (χ1v) is 7.39. The van der Waals surface area contributed by atoms with Crippen LogP contribution in [0.3, 0.4) is 0 Å². The Bertz CT molecular complexity index is 669. The topological polar surface area (TPSA) is 71.8 Å². The first-order valence-electron chi connectivity index (χ1n) is 7.39. The van der Waals surface area contributed by atoms with E-state index in [4.69, 9.17) is 9.15 Å². The van der Waals surface area contributed by atoms with Crippen LogP contribution in [0, 0.1) is 0 Å². The van der Waals surface area contributed by atoms with E-state index in [1.165, 1.54) is 0 Å². The predicted octanol–water partition coefficient (Wildman–Crippen LogP) is 1.49. The van der Waals surface area contributed by atoms with Gasteiger partial charge in [0, 0.05) is 7.05 Å². The summed E-state index contributed by atoms with van der Waals surface area (Å²) in [6.07, 6.45) is 0.799. The summed E-state index contributed by atoms with van der Waals surface area (Å²) in [4.78, 5) is 26.0. The molecule has 0 aliphatic carbocycles. The molecule has 2 heterocycles. The highest BCUT2D eigenvalue weighted by atomic mass is 16.5. The van der Waals surface area contributed by atoms with Crippen LogP contribution in [-0.2, 0) is 20.9 Å². The van der Waals surface area contributed by atoms with Gasteiger partial charge in [-0.25, -0.2) is 0 Å². The fraction of sp³-hybridized carbons (Fsp3) is 0.294. The number of morpholine rings is 1. The summed E-state index contributed by atoms with van der Waals surface area (Å²) in [5.41, 5.74) is 0.862. The molecule has 2 aromatic rings. The number of hydrogen-bond acceptors (Lipinski definition) is 4. The van der Waals surface area contributed by atoms with Crippen LogP contribution >= 0.6 is 0 Å². The number of hydrogen-bond donors (Lipinski definition) is 1. The van der Waals surface area contributed by atoms with Crippen LogP contribution < -0.4 is 5.32 Å². The van der Waals surface area contributed by atoms with Crippen molar-refractivity contribution in [2.75, 3.05) is 13.7 Å². The van der Waals surface area contributed by atoms with Gasteiger partial charge in [-0.15, -0.1) is 0 Å². The number of furan rings is 1. The molecule has 1 aliphatic rings. The molecule has 2 amide bonds. The molecule has 3 rings (SSSR count). The molecule has 1 saturated heterocycles. The summed E-state index contributed by atoms with van der Waals surface area (Å²) in [5.74, 6) is 0.249. The van der Waals surface area contributed by atoms with Gasteiger partial charge in [0.05, 0.1) is 18.8 Å². The molecule has 1 aromatic carbocycles. The Kier molecular flexibility index (Phi) is 4.43. The van der Waals surface area contributed by atoms with Crippen molar-refractivity contribution >= 4 is 11.8 Å². The fourth-order valence-corrected chi connectivity index (χ4v) is 2.67. The van der Waals surface area contributed by atoms with E-state index in [2.05, 4.69) is 5.32 Å². The van der Waals surface area contributed by atoms with Crippen LogP contribution in [0.4, 0.5) is 0 Å². The van der Waals surface area contributed by atoms with Gasteiger partial charge >= 0.3 is 0 Å². The number of nitrogens with zero attached hydrogens (tertiary/aromatic N) is 1. The summed E-state index contributed by atoms with van der Waals surface area (Å²) in [6.45, 7) is 0.184. The minimum atomic E-state index is -0.755. The molecule has 1 aromatic heterocycles. The van der Waals surface area contributed by atoms with Crippen molar-refractivity contribution in [3.63, 3.8) is 0 Å². The molecule has 1 N–H and O–H groups in total. The maximum Gasteiger partial charge on any atom is 0.252 e. The van der Waals surface area contributed by atoms with Crippen LogP contribution in [0.5, 0.6) is 0 Å². The second-order valence-corrected chi connectivity index (χ2v) is 5.39. The molecule has 23 heavy (non-hydrogen) atoms. The van der Waals surface area contributed by atoms with E-state index in [1.54, 1.807) is 30.3 Å². The summed E-state index contributed by atoms with van der Waals surface area (Å²) >= 11 is 0. The Morgan fingerprint density at radius 3 is 2.74 bits per heavy atom. The fourth-order valence-electron chi connectivity index (χ4n) is 2.67. The monoisotopic (exact) mass is 314 g/mol. The number of amides is 2. The van der Waals surface area contributed by atoms with Gasteiger partial charge in [-0.2, -0.15) is 0 Å². The van der Waals surface area contributed by atoms with Crippen molar-refractivity contribution in [1.82, 2.24) is 10.2 Å². The highest BCUT2D eigenvalue weighted by Gasteiger charge is 2.39. The summed E-state index contributed by atoms with van der Waals surface area (Å²) in [5, 5.41) is 2.79. The lowest BCUT2D eigenvalue weighted by molar-refractivity contribution is -0.162. The van der Waals surface area contributed by atoms with Crippen molar-refractivity contribution in [3.8, 4) is 0 Å². The van der Waals surface area contributed by atoms with E-state index < -0.39 is 12.1 Å². The zero-order chi connectivity index (χ0) is 16.2. The molecule has 0 radical (unpaired) electrons. The number of ether oxygens (including phenoxy) is 1. The molecular weight excluding hydrogens is 296 g/mol. The van der Waals surface area contributed by atoms with Crippen molar-refractivity contribution < 1.29 is 18.7 Å². The number of rotatable bonds is 4. The number of carbonyl (C=O) groups excluding carboxylic acids is 2. The lowest BCUT2D eigenvalue weighted by Gasteiger charge is -2.38. The van der Waals surface area contributed by atoms with Gasteiger partial charge in [0.25, 0.3) is 5.91 Å². The quantitative estimate of drug-likeness (QED) is 0.928. The molecule has 1 aliphatic heterocycles. The van der Waals surface area contributed by atoms with Gasteiger partial charge in [0.1, 0.15) is 12.4 Å². The average molecular weight is 314 g/mol. The van der Waals surface area contributed by atoms with E-state index >= 15 is 0 Å². The van der Waals surface area contributed by atoms with Gasteiger partial charge in [-0.05, 0) is 17.7 Å². The minimum Gasteiger partial charge on any atom is -0.467 e. The van der Waals surface area contributed by atoms with Crippen molar-refractivity contribution in [2.45, 2.75) is 18.7 Å². The highest BCUT2D eigenvalue weighted by molar-refractivity contribution is 5.86. The first-order chi connectivity index (χ1) is 11.2. The molecule has 6 heteroatoms. The Labute approximate surface area is 134 Å². The van der Waals surface area contributed by atoms with Crippen LogP contribution in [0.15, 0.2) is 53.1 Å². The maximum atomic E-state index is 12.5. The predicted molar refractivity (Wildman–Crippen MR) is 82.2 cm³/mol. The van der Waals surface area contributed by atoms with Crippen molar-refractivity contribution in [1.29, 1.82) is 0 Å². The zero-order valence-electron chi connectivity index (χ0n) is 12.8. The minimum absolute atomic E-state index is 0.0985. The Balaban J connectivity index is 1.77. The van der Waals surface area contributed by atoms with Crippen LogP contribution in [0.25, 0.3) is 0 Å². The Morgan fingerprint density at radius 1 is 1.26 bits per heavy atom. The SMILES string of the molecule is CN1C(=O)COC(C(=O)NCc2ccco2)C1c1ccccc1. The number of carbonyl (C=O) groups is 2.